The Morgan fingerprint density at radius 2 is 1.57 bits per heavy atom. The van der Waals surface area contributed by atoms with E-state index in [9.17, 15) is 15.0 Å². The highest BCUT2D eigenvalue weighted by molar-refractivity contribution is 6.37. The van der Waals surface area contributed by atoms with Crippen LogP contribution in [0, 0.1) is 6.92 Å². The summed E-state index contributed by atoms with van der Waals surface area (Å²) < 4.78 is 1.67. The van der Waals surface area contributed by atoms with E-state index in [4.69, 9.17) is 23.2 Å². The smallest absolute Gasteiger partial charge is 0.335 e. The summed E-state index contributed by atoms with van der Waals surface area (Å²) in [5.74, 6) is -0.957. The van der Waals surface area contributed by atoms with Crippen LogP contribution < -0.4 is 0 Å². The topological polar surface area (TPSA) is 75.3 Å². The molecule has 0 aliphatic rings. The first-order valence-electron chi connectivity index (χ1n) is 10.9. The summed E-state index contributed by atoms with van der Waals surface area (Å²) in [6, 6.07) is 19.9. The molecular formula is C28H24Cl2N2O3. The average Bonchev–Trinajstić information content (AvgIpc) is 3.23. The molecule has 0 unspecified atom stereocenters. The van der Waals surface area contributed by atoms with Gasteiger partial charge in [-0.25, -0.2) is 9.48 Å². The summed E-state index contributed by atoms with van der Waals surface area (Å²) in [5.41, 5.74) is 4.52. The molecule has 0 saturated carbocycles. The molecule has 1 heterocycles. The fourth-order valence-electron chi connectivity index (χ4n) is 3.78. The Kier molecular flexibility index (Phi) is 6.86. The number of aliphatic hydroxyl groups is 1. The second-order valence-electron chi connectivity index (χ2n) is 8.79. The van der Waals surface area contributed by atoms with Crippen LogP contribution in [0.5, 0.6) is 0 Å². The fraction of sp³-hybridized carbons (Fsp3) is 0.143. The van der Waals surface area contributed by atoms with Crippen LogP contribution in [0.3, 0.4) is 0 Å². The maximum Gasteiger partial charge on any atom is 0.335 e. The predicted octanol–water partition coefficient (Wildman–Crippen LogP) is 7.25. The van der Waals surface area contributed by atoms with Crippen molar-refractivity contribution in [3.63, 3.8) is 0 Å². The largest absolute Gasteiger partial charge is 0.478 e. The minimum Gasteiger partial charge on any atom is -0.478 e. The Morgan fingerprint density at radius 1 is 0.943 bits per heavy atom. The van der Waals surface area contributed by atoms with Gasteiger partial charge in [-0.2, -0.15) is 5.10 Å². The van der Waals surface area contributed by atoms with Gasteiger partial charge in [-0.1, -0.05) is 71.8 Å². The van der Waals surface area contributed by atoms with Gasteiger partial charge in [0.25, 0.3) is 0 Å². The number of nitrogens with zero attached hydrogens (tertiary/aromatic N) is 2. The van der Waals surface area contributed by atoms with Crippen LogP contribution in [-0.2, 0) is 5.60 Å². The molecule has 0 aliphatic carbocycles. The summed E-state index contributed by atoms with van der Waals surface area (Å²) in [6.45, 7) is 5.35. The van der Waals surface area contributed by atoms with Gasteiger partial charge >= 0.3 is 5.97 Å². The summed E-state index contributed by atoms with van der Waals surface area (Å²) in [5, 5.41) is 25.4. The van der Waals surface area contributed by atoms with Crippen LogP contribution in [0.25, 0.3) is 29.1 Å². The molecule has 178 valence electrons. The van der Waals surface area contributed by atoms with Crippen LogP contribution in [-0.4, -0.2) is 26.0 Å². The van der Waals surface area contributed by atoms with E-state index in [1.807, 2.05) is 49.4 Å². The van der Waals surface area contributed by atoms with Gasteiger partial charge in [0.1, 0.15) is 11.3 Å². The lowest BCUT2D eigenvalue weighted by Crippen LogP contribution is -2.16. The number of aromatic nitrogens is 2. The van der Waals surface area contributed by atoms with Gasteiger partial charge in [0.2, 0.25) is 0 Å². The van der Waals surface area contributed by atoms with Crippen molar-refractivity contribution in [1.82, 2.24) is 9.78 Å². The number of rotatable bonds is 6. The van der Waals surface area contributed by atoms with E-state index in [2.05, 4.69) is 5.10 Å². The van der Waals surface area contributed by atoms with Crippen molar-refractivity contribution in [2.75, 3.05) is 0 Å². The number of hydrogen-bond donors (Lipinski definition) is 2. The molecule has 0 saturated heterocycles. The van der Waals surface area contributed by atoms with E-state index in [0.717, 1.165) is 27.9 Å². The Balaban J connectivity index is 1.76. The van der Waals surface area contributed by atoms with E-state index < -0.39 is 11.6 Å². The second-order valence-corrected chi connectivity index (χ2v) is 9.61. The molecule has 1 aromatic heterocycles. The first-order chi connectivity index (χ1) is 16.5. The Morgan fingerprint density at radius 3 is 2.17 bits per heavy atom. The minimum absolute atomic E-state index is 0.243. The molecule has 4 aromatic rings. The summed E-state index contributed by atoms with van der Waals surface area (Å²) >= 11 is 13.0. The minimum atomic E-state index is -1.16. The van der Waals surface area contributed by atoms with Gasteiger partial charge in [-0.05, 0) is 67.8 Å². The maximum absolute atomic E-state index is 11.2. The van der Waals surface area contributed by atoms with Crippen LogP contribution in [0.2, 0.25) is 10.0 Å². The third-order valence-electron chi connectivity index (χ3n) is 5.61. The van der Waals surface area contributed by atoms with Crippen molar-refractivity contribution in [1.29, 1.82) is 0 Å². The van der Waals surface area contributed by atoms with Crippen LogP contribution in [0.4, 0.5) is 0 Å². The molecule has 0 atom stereocenters. The maximum atomic E-state index is 11.2. The number of carboxylic acids is 1. The zero-order chi connectivity index (χ0) is 25.3. The third-order valence-corrected chi connectivity index (χ3v) is 6.22. The second kappa shape index (κ2) is 9.70. The zero-order valence-corrected chi connectivity index (χ0v) is 21.0. The van der Waals surface area contributed by atoms with Crippen LogP contribution >= 0.6 is 23.2 Å². The number of aryl methyl sites for hydroxylation is 1. The number of hydrogen-bond acceptors (Lipinski definition) is 3. The van der Waals surface area contributed by atoms with E-state index in [-0.39, 0.29) is 5.56 Å². The van der Waals surface area contributed by atoms with Gasteiger partial charge in [0.15, 0.2) is 0 Å². The molecule has 0 radical (unpaired) electrons. The normalized spacial score (nSPS) is 11.8. The van der Waals surface area contributed by atoms with Gasteiger partial charge in [0, 0.05) is 5.56 Å². The van der Waals surface area contributed by atoms with E-state index in [1.165, 1.54) is 0 Å². The Hall–Kier alpha value is -3.38. The van der Waals surface area contributed by atoms with Crippen molar-refractivity contribution in [3.8, 4) is 16.9 Å². The van der Waals surface area contributed by atoms with Crippen molar-refractivity contribution >= 4 is 41.3 Å². The molecule has 0 fully saturated rings. The van der Waals surface area contributed by atoms with Crippen LogP contribution in [0.15, 0.2) is 66.7 Å². The highest BCUT2D eigenvalue weighted by Crippen LogP contribution is 2.36. The van der Waals surface area contributed by atoms with Crippen molar-refractivity contribution in [3.05, 3.63) is 105 Å². The van der Waals surface area contributed by atoms with Crippen molar-refractivity contribution in [2.45, 2.75) is 26.4 Å². The summed E-state index contributed by atoms with van der Waals surface area (Å²) in [7, 11) is 0. The van der Waals surface area contributed by atoms with Crippen molar-refractivity contribution < 1.29 is 15.0 Å². The van der Waals surface area contributed by atoms with Crippen molar-refractivity contribution in [2.24, 2.45) is 0 Å². The average molecular weight is 507 g/mol. The van der Waals surface area contributed by atoms with E-state index >= 15 is 0 Å². The number of carbonyl (C=O) groups is 1. The molecule has 0 bridgehead atoms. The SMILES string of the molecule is Cc1cc(C=Cc2cccc(C(=O)O)c2)ccc1-c1cc(C(C)(C)O)nn1-c1c(Cl)cccc1Cl. The lowest BCUT2D eigenvalue weighted by molar-refractivity contribution is 0.0695. The van der Waals surface area contributed by atoms with Gasteiger partial charge in [-0.3, -0.25) is 0 Å². The van der Waals surface area contributed by atoms with E-state index in [1.54, 1.807) is 54.9 Å². The number of halogens is 2. The molecule has 2 N–H and O–H groups in total. The molecule has 7 heteroatoms. The number of carboxylic acid groups (broad SMARTS) is 1. The monoisotopic (exact) mass is 506 g/mol. The first-order valence-corrected chi connectivity index (χ1v) is 11.7. The molecule has 0 amide bonds. The number of aromatic carboxylic acids is 1. The van der Waals surface area contributed by atoms with Crippen LogP contribution in [0.1, 0.15) is 46.6 Å². The summed E-state index contributed by atoms with van der Waals surface area (Å²) in [6.07, 6.45) is 3.81. The molecule has 5 nitrogen and oxygen atoms in total. The van der Waals surface area contributed by atoms with E-state index in [0.29, 0.717) is 21.4 Å². The fourth-order valence-corrected chi connectivity index (χ4v) is 4.34. The lowest BCUT2D eigenvalue weighted by Gasteiger charge is -2.14. The molecule has 0 aliphatic heterocycles. The molecular weight excluding hydrogens is 483 g/mol. The zero-order valence-electron chi connectivity index (χ0n) is 19.5. The van der Waals surface area contributed by atoms with Gasteiger partial charge in [0.05, 0.1) is 27.0 Å². The third kappa shape index (κ3) is 5.33. The summed E-state index contributed by atoms with van der Waals surface area (Å²) in [4.78, 5) is 11.2. The molecule has 4 rings (SSSR count). The predicted molar refractivity (Wildman–Crippen MR) is 141 cm³/mol. The highest BCUT2D eigenvalue weighted by Gasteiger charge is 2.25. The Bertz CT molecular complexity index is 1430. The number of benzene rings is 3. The number of para-hydroxylation sites is 1. The molecule has 35 heavy (non-hydrogen) atoms. The Labute approximate surface area is 213 Å². The lowest BCUT2D eigenvalue weighted by atomic mass is 9.99. The standard InChI is InChI=1S/C28H24Cl2N2O3/c1-17-14-19(11-10-18-6-4-7-20(15-18)27(33)34)12-13-21(17)24-16-25(28(2,3)35)31-32(24)26-22(29)8-5-9-23(26)30/h4-16,35H,1-3H3,(H,33,34). The molecule has 3 aromatic carbocycles. The van der Waals surface area contributed by atoms with Gasteiger partial charge < -0.3 is 10.2 Å². The first kappa shape index (κ1) is 24.7. The molecule has 0 spiro atoms. The van der Waals surface area contributed by atoms with Gasteiger partial charge in [-0.15, -0.1) is 0 Å². The highest BCUT2D eigenvalue weighted by atomic mass is 35.5. The quantitative estimate of drug-likeness (QED) is 0.270.